The summed E-state index contributed by atoms with van der Waals surface area (Å²) in [5.74, 6) is -1.34. The number of hydrogen-bond acceptors (Lipinski definition) is 8. The third-order valence-corrected chi connectivity index (χ3v) is 5.24. The van der Waals surface area contributed by atoms with Gasteiger partial charge >= 0.3 is 11.9 Å². The van der Waals surface area contributed by atoms with Gasteiger partial charge in [-0.05, 0) is 48.5 Å². The van der Waals surface area contributed by atoms with Crippen molar-refractivity contribution >= 4 is 21.8 Å². The molecule has 0 aromatic heterocycles. The molecule has 0 fully saturated rings. The van der Waals surface area contributed by atoms with Crippen LogP contribution in [0.4, 0.5) is 0 Å². The first kappa shape index (κ1) is 20.6. The van der Waals surface area contributed by atoms with Gasteiger partial charge in [0.2, 0.25) is 9.84 Å². The van der Waals surface area contributed by atoms with E-state index in [0.717, 1.165) is 0 Å². The van der Waals surface area contributed by atoms with E-state index in [1.54, 1.807) is 0 Å². The Morgan fingerprint density at radius 1 is 0.704 bits per heavy atom. The van der Waals surface area contributed by atoms with Gasteiger partial charge in [0, 0.05) is 0 Å². The molecule has 0 atom stereocenters. The van der Waals surface area contributed by atoms with Crippen molar-refractivity contribution in [2.45, 2.75) is 9.79 Å². The molecule has 0 aliphatic rings. The number of aliphatic hydroxyl groups excluding tert-OH is 2. The van der Waals surface area contributed by atoms with E-state index in [2.05, 4.69) is 0 Å². The average Bonchev–Trinajstić information content (AvgIpc) is 2.70. The number of hydrogen-bond donors (Lipinski definition) is 2. The van der Waals surface area contributed by atoms with Crippen molar-refractivity contribution in [3.63, 3.8) is 0 Å². The van der Waals surface area contributed by atoms with E-state index in [9.17, 15) is 18.0 Å². The van der Waals surface area contributed by atoms with Crippen LogP contribution in [0.5, 0.6) is 0 Å². The molecule has 0 amide bonds. The van der Waals surface area contributed by atoms with E-state index in [-0.39, 0.29) is 47.3 Å². The van der Waals surface area contributed by atoms with Gasteiger partial charge in [-0.2, -0.15) is 0 Å². The zero-order chi connectivity index (χ0) is 19.9. The smallest absolute Gasteiger partial charge is 0.338 e. The molecule has 2 aromatic carbocycles. The van der Waals surface area contributed by atoms with Gasteiger partial charge in [-0.1, -0.05) is 0 Å². The van der Waals surface area contributed by atoms with Gasteiger partial charge in [-0.3, -0.25) is 0 Å². The first-order valence-electron chi connectivity index (χ1n) is 7.91. The summed E-state index contributed by atoms with van der Waals surface area (Å²) in [7, 11) is -3.84. The molecule has 9 heteroatoms. The van der Waals surface area contributed by atoms with E-state index in [4.69, 9.17) is 19.7 Å². The summed E-state index contributed by atoms with van der Waals surface area (Å²) in [6.07, 6.45) is 0. The minimum atomic E-state index is -3.84. The number of carbonyl (C=O) groups is 2. The normalized spacial score (nSPS) is 11.0. The van der Waals surface area contributed by atoms with E-state index < -0.39 is 21.8 Å². The topological polar surface area (TPSA) is 127 Å². The molecule has 0 spiro atoms. The van der Waals surface area contributed by atoms with Crippen LogP contribution in [0.2, 0.25) is 0 Å². The molecule has 27 heavy (non-hydrogen) atoms. The summed E-state index contributed by atoms with van der Waals surface area (Å²) < 4.78 is 34.8. The number of ether oxygens (including phenoxy) is 2. The number of carbonyl (C=O) groups excluding carboxylic acids is 2. The van der Waals surface area contributed by atoms with Crippen molar-refractivity contribution in [1.29, 1.82) is 0 Å². The fourth-order valence-electron chi connectivity index (χ4n) is 2.12. The quantitative estimate of drug-likeness (QED) is 0.630. The zero-order valence-corrected chi connectivity index (χ0v) is 15.0. The molecule has 0 aliphatic carbocycles. The summed E-state index contributed by atoms with van der Waals surface area (Å²) in [5, 5.41) is 17.3. The SMILES string of the molecule is O=C(OCCO)c1ccc(S(=O)(=O)c2ccc(C(=O)OCCO)cc2)cc1. The fraction of sp³-hybridized carbons (Fsp3) is 0.222. The Labute approximate surface area is 155 Å². The molecule has 2 aromatic rings. The maximum Gasteiger partial charge on any atom is 0.338 e. The van der Waals surface area contributed by atoms with Crippen LogP contribution in [-0.4, -0.2) is 57.0 Å². The van der Waals surface area contributed by atoms with Gasteiger partial charge in [0.1, 0.15) is 13.2 Å². The highest BCUT2D eigenvalue weighted by atomic mass is 32.2. The number of benzene rings is 2. The summed E-state index contributed by atoms with van der Waals surface area (Å²) >= 11 is 0. The summed E-state index contributed by atoms with van der Waals surface area (Å²) in [5.41, 5.74) is 0.314. The lowest BCUT2D eigenvalue weighted by molar-refractivity contribution is 0.0427. The Morgan fingerprint density at radius 3 is 1.33 bits per heavy atom. The van der Waals surface area contributed by atoms with Crippen LogP contribution in [0.3, 0.4) is 0 Å². The maximum absolute atomic E-state index is 12.6. The largest absolute Gasteiger partial charge is 0.460 e. The van der Waals surface area contributed by atoms with Crippen LogP contribution in [0.1, 0.15) is 20.7 Å². The molecular weight excluding hydrogens is 376 g/mol. The van der Waals surface area contributed by atoms with Gasteiger partial charge < -0.3 is 19.7 Å². The highest BCUT2D eigenvalue weighted by Gasteiger charge is 2.19. The van der Waals surface area contributed by atoms with Crippen LogP contribution < -0.4 is 0 Å². The summed E-state index contributed by atoms with van der Waals surface area (Å²) in [6, 6.07) is 10.3. The molecule has 0 saturated carbocycles. The Balaban J connectivity index is 2.18. The lowest BCUT2D eigenvalue weighted by Crippen LogP contribution is -2.10. The molecule has 0 unspecified atom stereocenters. The second-order valence-electron chi connectivity index (χ2n) is 5.27. The molecule has 2 rings (SSSR count). The Bertz CT molecular complexity index is 816. The molecule has 0 aliphatic heterocycles. The molecule has 2 N–H and O–H groups in total. The zero-order valence-electron chi connectivity index (χ0n) is 14.2. The lowest BCUT2D eigenvalue weighted by atomic mass is 10.2. The van der Waals surface area contributed by atoms with E-state index >= 15 is 0 Å². The van der Waals surface area contributed by atoms with Gasteiger partial charge in [0.25, 0.3) is 0 Å². The average molecular weight is 394 g/mol. The van der Waals surface area contributed by atoms with Crippen LogP contribution in [0.25, 0.3) is 0 Å². The Morgan fingerprint density at radius 2 is 1.04 bits per heavy atom. The molecule has 0 radical (unpaired) electrons. The molecule has 8 nitrogen and oxygen atoms in total. The van der Waals surface area contributed by atoms with Crippen molar-refractivity contribution in [2.75, 3.05) is 26.4 Å². The van der Waals surface area contributed by atoms with Gasteiger partial charge in [0.05, 0.1) is 34.1 Å². The van der Waals surface area contributed by atoms with E-state index in [1.807, 2.05) is 0 Å². The van der Waals surface area contributed by atoms with Crippen molar-refractivity contribution in [3.8, 4) is 0 Å². The highest BCUT2D eigenvalue weighted by molar-refractivity contribution is 7.91. The Hall–Kier alpha value is -2.75. The van der Waals surface area contributed by atoms with Crippen LogP contribution in [0, 0.1) is 0 Å². The van der Waals surface area contributed by atoms with Gasteiger partial charge in [-0.25, -0.2) is 18.0 Å². The van der Waals surface area contributed by atoms with Crippen molar-refractivity contribution in [1.82, 2.24) is 0 Å². The predicted molar refractivity (Wildman–Crippen MR) is 93.1 cm³/mol. The number of aliphatic hydroxyl groups is 2. The number of sulfone groups is 1. The van der Waals surface area contributed by atoms with Crippen LogP contribution in [0.15, 0.2) is 58.3 Å². The number of esters is 2. The van der Waals surface area contributed by atoms with Gasteiger partial charge in [0.15, 0.2) is 0 Å². The van der Waals surface area contributed by atoms with Crippen molar-refractivity contribution < 1.29 is 37.7 Å². The molecule has 0 heterocycles. The second-order valence-corrected chi connectivity index (χ2v) is 7.22. The highest BCUT2D eigenvalue weighted by Crippen LogP contribution is 2.22. The minimum Gasteiger partial charge on any atom is -0.460 e. The lowest BCUT2D eigenvalue weighted by Gasteiger charge is -2.07. The standard InChI is InChI=1S/C18H18O8S/c19-9-11-25-17(21)13-1-5-15(6-2-13)27(23,24)16-7-3-14(4-8-16)18(22)26-12-10-20/h1-8,19-20H,9-12H2. The van der Waals surface area contributed by atoms with Crippen LogP contribution >= 0.6 is 0 Å². The second kappa shape index (κ2) is 9.26. The minimum absolute atomic E-state index is 0.0307. The maximum atomic E-state index is 12.6. The molecule has 0 saturated heterocycles. The summed E-state index contributed by atoms with van der Waals surface area (Å²) in [4.78, 5) is 23.3. The first-order valence-corrected chi connectivity index (χ1v) is 9.39. The monoisotopic (exact) mass is 394 g/mol. The third kappa shape index (κ3) is 5.13. The molecule has 144 valence electrons. The fourth-order valence-corrected chi connectivity index (χ4v) is 3.38. The summed E-state index contributed by atoms with van der Waals surface area (Å²) in [6.45, 7) is -0.901. The van der Waals surface area contributed by atoms with Crippen molar-refractivity contribution in [3.05, 3.63) is 59.7 Å². The van der Waals surface area contributed by atoms with E-state index in [0.29, 0.717) is 0 Å². The molecular formula is C18H18O8S. The van der Waals surface area contributed by atoms with Crippen molar-refractivity contribution in [2.24, 2.45) is 0 Å². The predicted octanol–water partition coefficient (Wildman–Crippen LogP) is 0.818. The first-order chi connectivity index (χ1) is 12.9. The van der Waals surface area contributed by atoms with Crippen LogP contribution in [-0.2, 0) is 19.3 Å². The number of rotatable bonds is 8. The van der Waals surface area contributed by atoms with Gasteiger partial charge in [-0.15, -0.1) is 0 Å². The van der Waals surface area contributed by atoms with E-state index in [1.165, 1.54) is 48.5 Å². The third-order valence-electron chi connectivity index (χ3n) is 3.45. The Kier molecular flexibility index (Phi) is 7.05. The molecule has 0 bridgehead atoms.